The largest absolute Gasteiger partial charge is 0.356 e. The summed E-state index contributed by atoms with van der Waals surface area (Å²) in [6.45, 7) is 12.6. The fourth-order valence-corrected chi connectivity index (χ4v) is 2.00. The van der Waals surface area contributed by atoms with Gasteiger partial charge in [0.05, 0.1) is 0 Å². The third-order valence-electron chi connectivity index (χ3n) is 3.46. The second-order valence-corrected chi connectivity index (χ2v) is 6.36. The number of nitrogens with zero attached hydrogens (tertiary/aromatic N) is 2. The summed E-state index contributed by atoms with van der Waals surface area (Å²) >= 11 is 0. The van der Waals surface area contributed by atoms with E-state index in [1.54, 1.807) is 0 Å². The maximum atomic E-state index is 11.6. The maximum absolute atomic E-state index is 11.6. The van der Waals surface area contributed by atoms with Crippen LogP contribution in [0.15, 0.2) is 0 Å². The molecule has 0 bridgehead atoms. The highest BCUT2D eigenvalue weighted by Crippen LogP contribution is 2.12. The van der Waals surface area contributed by atoms with Crippen molar-refractivity contribution in [2.45, 2.75) is 33.6 Å². The Morgan fingerprint density at radius 1 is 1.11 bits per heavy atom. The van der Waals surface area contributed by atoms with E-state index in [0.29, 0.717) is 0 Å². The molecular weight excluding hydrogens is 226 g/mol. The topological polar surface area (TPSA) is 35.6 Å². The molecular formula is C14H29N3O. The van der Waals surface area contributed by atoms with Crippen LogP contribution in [0.25, 0.3) is 0 Å². The highest BCUT2D eigenvalue weighted by atomic mass is 16.2. The molecule has 0 spiro atoms. The number of carbonyl (C=O) groups is 1. The van der Waals surface area contributed by atoms with Crippen molar-refractivity contribution in [3.8, 4) is 0 Å². The van der Waals surface area contributed by atoms with Gasteiger partial charge in [0.15, 0.2) is 0 Å². The van der Waals surface area contributed by atoms with Crippen LogP contribution in [0.3, 0.4) is 0 Å². The van der Waals surface area contributed by atoms with E-state index < -0.39 is 0 Å². The van der Waals surface area contributed by atoms with Crippen molar-refractivity contribution >= 4 is 5.91 Å². The predicted molar refractivity (Wildman–Crippen MR) is 75.6 cm³/mol. The number of rotatable bonds is 5. The molecule has 1 aliphatic heterocycles. The number of carbonyl (C=O) groups excluding carboxylic acids is 1. The summed E-state index contributed by atoms with van der Waals surface area (Å²) in [5.41, 5.74) is -0.266. The molecule has 1 N–H and O–H groups in total. The highest BCUT2D eigenvalue weighted by molar-refractivity contribution is 5.81. The summed E-state index contributed by atoms with van der Waals surface area (Å²) in [5.74, 6) is 0.155. The Morgan fingerprint density at radius 3 is 2.28 bits per heavy atom. The minimum Gasteiger partial charge on any atom is -0.356 e. The first-order valence-electron chi connectivity index (χ1n) is 7.09. The van der Waals surface area contributed by atoms with Crippen LogP contribution in [0.1, 0.15) is 33.6 Å². The Balaban J connectivity index is 2.01. The van der Waals surface area contributed by atoms with Crippen molar-refractivity contribution in [3.05, 3.63) is 0 Å². The lowest BCUT2D eigenvalue weighted by molar-refractivity contribution is -0.128. The van der Waals surface area contributed by atoms with Crippen LogP contribution in [0, 0.1) is 5.41 Å². The van der Waals surface area contributed by atoms with Crippen LogP contribution in [-0.2, 0) is 4.79 Å². The minimum absolute atomic E-state index is 0.155. The molecule has 0 aromatic heterocycles. The zero-order valence-electron chi connectivity index (χ0n) is 12.5. The Bertz CT molecular complexity index is 252. The summed E-state index contributed by atoms with van der Waals surface area (Å²) < 4.78 is 0. The fraction of sp³-hybridized carbons (Fsp3) is 0.929. The molecule has 1 aliphatic rings. The summed E-state index contributed by atoms with van der Waals surface area (Å²) in [4.78, 5) is 16.5. The highest BCUT2D eigenvalue weighted by Gasteiger charge is 2.20. The van der Waals surface area contributed by atoms with Gasteiger partial charge in [0, 0.05) is 38.1 Å². The lowest BCUT2D eigenvalue weighted by Crippen LogP contribution is -2.44. The number of amides is 1. The summed E-state index contributed by atoms with van der Waals surface area (Å²) in [6.07, 6.45) is 2.25. The fourth-order valence-electron chi connectivity index (χ4n) is 2.00. The van der Waals surface area contributed by atoms with Gasteiger partial charge < -0.3 is 15.1 Å². The molecule has 0 saturated carbocycles. The van der Waals surface area contributed by atoms with E-state index in [-0.39, 0.29) is 11.3 Å². The van der Waals surface area contributed by atoms with Crippen molar-refractivity contribution in [1.82, 2.24) is 15.1 Å². The van der Waals surface area contributed by atoms with Crippen LogP contribution in [0.2, 0.25) is 0 Å². The zero-order chi connectivity index (χ0) is 13.6. The molecule has 0 aliphatic carbocycles. The molecule has 0 unspecified atom stereocenters. The normalized spacial score (nSPS) is 18.9. The van der Waals surface area contributed by atoms with E-state index in [4.69, 9.17) is 0 Å². The number of unbranched alkanes of at least 4 members (excludes halogenated alkanes) is 1. The molecule has 0 atom stereocenters. The minimum atomic E-state index is -0.266. The molecule has 4 nitrogen and oxygen atoms in total. The monoisotopic (exact) mass is 255 g/mol. The number of piperazine rings is 1. The molecule has 1 rings (SSSR count). The van der Waals surface area contributed by atoms with E-state index in [1.165, 1.54) is 39.1 Å². The quantitative estimate of drug-likeness (QED) is 0.749. The van der Waals surface area contributed by atoms with Gasteiger partial charge in [-0.25, -0.2) is 0 Å². The van der Waals surface area contributed by atoms with E-state index in [0.717, 1.165) is 13.0 Å². The lowest BCUT2D eigenvalue weighted by Gasteiger charge is -2.32. The van der Waals surface area contributed by atoms with Gasteiger partial charge in [0.1, 0.15) is 0 Å². The molecule has 0 aromatic carbocycles. The van der Waals surface area contributed by atoms with Gasteiger partial charge in [-0.05, 0) is 26.4 Å². The van der Waals surface area contributed by atoms with Crippen molar-refractivity contribution < 1.29 is 4.79 Å². The zero-order valence-corrected chi connectivity index (χ0v) is 12.5. The Morgan fingerprint density at radius 2 is 1.72 bits per heavy atom. The first kappa shape index (κ1) is 15.4. The van der Waals surface area contributed by atoms with E-state index in [9.17, 15) is 4.79 Å². The Hall–Kier alpha value is -0.610. The molecule has 1 heterocycles. The Labute approximate surface area is 112 Å². The van der Waals surface area contributed by atoms with Crippen LogP contribution in [0.5, 0.6) is 0 Å². The van der Waals surface area contributed by atoms with Gasteiger partial charge in [0.25, 0.3) is 0 Å². The SMILES string of the molecule is CN1CCN(CCCCNC(=O)C(C)(C)C)CC1. The van der Waals surface area contributed by atoms with Crippen LogP contribution >= 0.6 is 0 Å². The number of nitrogens with one attached hydrogen (secondary N) is 1. The first-order valence-corrected chi connectivity index (χ1v) is 7.09. The van der Waals surface area contributed by atoms with Gasteiger partial charge in [-0.15, -0.1) is 0 Å². The first-order chi connectivity index (χ1) is 8.39. The summed E-state index contributed by atoms with van der Waals surface area (Å²) in [7, 11) is 2.18. The van der Waals surface area contributed by atoms with Gasteiger partial charge in [-0.3, -0.25) is 4.79 Å². The molecule has 1 amide bonds. The lowest BCUT2D eigenvalue weighted by atomic mass is 9.96. The molecule has 4 heteroatoms. The second kappa shape index (κ2) is 7.10. The summed E-state index contributed by atoms with van der Waals surface area (Å²) in [5, 5.41) is 3.00. The molecule has 1 saturated heterocycles. The average Bonchev–Trinajstić information content (AvgIpc) is 2.29. The van der Waals surface area contributed by atoms with E-state index >= 15 is 0 Å². The van der Waals surface area contributed by atoms with Gasteiger partial charge in [-0.1, -0.05) is 20.8 Å². The number of hydrogen-bond donors (Lipinski definition) is 1. The van der Waals surface area contributed by atoms with Gasteiger partial charge in [-0.2, -0.15) is 0 Å². The molecule has 18 heavy (non-hydrogen) atoms. The van der Waals surface area contributed by atoms with Crippen LogP contribution in [0.4, 0.5) is 0 Å². The Kier molecular flexibility index (Phi) is 6.09. The van der Waals surface area contributed by atoms with Crippen molar-refractivity contribution in [3.63, 3.8) is 0 Å². The number of hydrogen-bond acceptors (Lipinski definition) is 3. The number of likely N-dealkylation sites (N-methyl/N-ethyl adjacent to an activating group) is 1. The predicted octanol–water partition coefficient (Wildman–Crippen LogP) is 1.18. The van der Waals surface area contributed by atoms with Crippen LogP contribution < -0.4 is 5.32 Å². The standard InChI is InChI=1S/C14H29N3O/c1-14(2,3)13(18)15-7-5-6-8-17-11-9-16(4)10-12-17/h5-12H2,1-4H3,(H,15,18). The van der Waals surface area contributed by atoms with Crippen molar-refractivity contribution in [2.24, 2.45) is 5.41 Å². The van der Waals surface area contributed by atoms with E-state index in [2.05, 4.69) is 22.2 Å². The van der Waals surface area contributed by atoms with Crippen LogP contribution in [-0.4, -0.2) is 62.0 Å². The molecule has 106 valence electrons. The van der Waals surface area contributed by atoms with Gasteiger partial charge in [0.2, 0.25) is 5.91 Å². The second-order valence-electron chi connectivity index (χ2n) is 6.36. The van der Waals surface area contributed by atoms with Gasteiger partial charge >= 0.3 is 0 Å². The third-order valence-corrected chi connectivity index (χ3v) is 3.46. The maximum Gasteiger partial charge on any atom is 0.225 e. The van der Waals surface area contributed by atoms with Crippen molar-refractivity contribution in [2.75, 3.05) is 46.3 Å². The molecule has 1 fully saturated rings. The summed E-state index contributed by atoms with van der Waals surface area (Å²) in [6, 6.07) is 0. The van der Waals surface area contributed by atoms with Crippen molar-refractivity contribution in [1.29, 1.82) is 0 Å². The average molecular weight is 255 g/mol. The smallest absolute Gasteiger partial charge is 0.225 e. The van der Waals surface area contributed by atoms with E-state index in [1.807, 2.05) is 20.8 Å². The molecule has 0 aromatic rings. The molecule has 0 radical (unpaired) electrons. The third kappa shape index (κ3) is 5.83.